The Morgan fingerprint density at radius 2 is 0.559 bits per heavy atom. The first-order valence-corrected chi connectivity index (χ1v) is 17.9. The van der Waals surface area contributed by atoms with Crippen molar-refractivity contribution < 1.29 is 87.8 Å². The molecule has 0 spiro atoms. The van der Waals surface area contributed by atoms with Crippen molar-refractivity contribution in [1.82, 2.24) is 0 Å². The zero-order chi connectivity index (χ0) is 44.3. The third-order valence-corrected chi connectivity index (χ3v) is 9.89. The molecule has 6 aromatic rings. The Bertz CT molecular complexity index is 2300. The lowest BCUT2D eigenvalue weighted by Crippen LogP contribution is -2.81. The molecule has 6 aromatic carbocycles. The smallest absolute Gasteiger partial charge is 0.200 e. The summed E-state index contributed by atoms with van der Waals surface area (Å²) in [4.78, 5) is 0. The van der Waals surface area contributed by atoms with Crippen LogP contribution in [0.1, 0.15) is 5.56 Å². The van der Waals surface area contributed by atoms with Crippen LogP contribution in [0, 0.1) is 116 Å². The molecule has 0 aliphatic rings. The molecule has 0 heterocycles. The average Bonchev–Trinajstić information content (AvgIpc) is 3.20. The molecule has 0 atom stereocenters. The first-order chi connectivity index (χ1) is 27.5. The fourth-order valence-corrected chi connectivity index (χ4v) is 7.38. The molecule has 0 saturated carbocycles. The van der Waals surface area contributed by atoms with E-state index in [4.69, 9.17) is 0 Å². The van der Waals surface area contributed by atoms with Gasteiger partial charge < -0.3 is 0 Å². The highest BCUT2D eigenvalue weighted by molar-refractivity contribution is 7.94. The summed E-state index contributed by atoms with van der Waals surface area (Å²) < 4.78 is 294. The van der Waals surface area contributed by atoms with Crippen LogP contribution >= 0.6 is 0 Å². The fraction of sp³-hybridized carbons (Fsp3) is 0.0811. The highest BCUT2D eigenvalue weighted by atomic mass is 32.2. The molecule has 312 valence electrons. The van der Waals surface area contributed by atoms with Crippen molar-refractivity contribution in [3.8, 4) is 0 Å². The van der Waals surface area contributed by atoms with E-state index in [0.29, 0.717) is 10.9 Å². The van der Waals surface area contributed by atoms with Crippen molar-refractivity contribution in [3.63, 3.8) is 0 Å². The summed E-state index contributed by atoms with van der Waals surface area (Å²) in [5.41, 5.74) is -12.9. The summed E-state index contributed by atoms with van der Waals surface area (Å²) in [5.74, 6) is -70.2. The van der Waals surface area contributed by atoms with Gasteiger partial charge in [-0.3, -0.25) is 0 Å². The topological polar surface area (TPSA) is 0 Å². The van der Waals surface area contributed by atoms with Gasteiger partial charge in [0.05, 0.1) is 12.5 Å². The normalized spacial score (nSPS) is 11.8. The van der Waals surface area contributed by atoms with Gasteiger partial charge in [-0.1, -0.05) is 36.4 Å². The Labute approximate surface area is 320 Å². The molecule has 0 amide bonds. The van der Waals surface area contributed by atoms with Gasteiger partial charge in [0.2, 0.25) is 0 Å². The molecular formula is C37H15BF20S. The maximum atomic E-state index is 15.4. The molecular weight excluding hydrogens is 867 g/mol. The van der Waals surface area contributed by atoms with Gasteiger partial charge in [-0.05, 0) is 27.7 Å². The largest absolute Gasteiger partial charge is 0.207 e. The number of rotatable bonds is 6. The van der Waals surface area contributed by atoms with Gasteiger partial charge in [0, 0.05) is 5.56 Å². The molecule has 0 N–H and O–H groups in total. The van der Waals surface area contributed by atoms with Gasteiger partial charge in [-0.2, -0.15) is 0 Å². The Balaban J connectivity index is 0.000000395. The first-order valence-electron chi connectivity index (χ1n) is 15.7. The quantitative estimate of drug-likeness (QED) is 0.0516. The molecule has 0 aliphatic carbocycles. The third-order valence-electron chi connectivity index (χ3n) is 8.98. The second-order valence-electron chi connectivity index (χ2n) is 12.6. The number of hydrogen-bond acceptors (Lipinski definition) is 0. The highest BCUT2D eigenvalue weighted by Gasteiger charge is 2.52. The van der Waals surface area contributed by atoms with Crippen molar-refractivity contribution >= 4 is 49.7 Å². The van der Waals surface area contributed by atoms with Gasteiger partial charge in [0.15, 0.2) is 69.8 Å². The van der Waals surface area contributed by atoms with E-state index in [-0.39, 0.29) is 0 Å². The van der Waals surface area contributed by atoms with Gasteiger partial charge in [0.25, 0.3) is 0 Å². The number of hydrogen-bond donors (Lipinski definition) is 0. The molecule has 0 saturated heterocycles. The summed E-state index contributed by atoms with van der Waals surface area (Å²) in [7, 11) is 0.491. The summed E-state index contributed by atoms with van der Waals surface area (Å²) in [6.07, 6.45) is -2.64. The van der Waals surface area contributed by atoms with E-state index in [2.05, 4.69) is 55.0 Å². The predicted molar refractivity (Wildman–Crippen MR) is 176 cm³/mol. The third kappa shape index (κ3) is 7.01. The maximum absolute atomic E-state index is 15.4. The van der Waals surface area contributed by atoms with E-state index >= 15 is 35.1 Å². The lowest BCUT2D eigenvalue weighted by Gasteiger charge is -2.44. The van der Waals surface area contributed by atoms with Gasteiger partial charge in [-0.25, -0.2) is 87.8 Å². The van der Waals surface area contributed by atoms with Gasteiger partial charge in [-0.15, -0.1) is 21.9 Å². The van der Waals surface area contributed by atoms with E-state index in [0.717, 1.165) is 0 Å². The second-order valence-corrected chi connectivity index (χ2v) is 14.9. The summed E-state index contributed by atoms with van der Waals surface area (Å²) in [5, 5.41) is 2.69. The minimum Gasteiger partial charge on any atom is -0.207 e. The molecule has 0 bridgehead atoms. The van der Waals surface area contributed by atoms with Crippen LogP contribution in [0.25, 0.3) is 10.8 Å². The average molecular weight is 882 g/mol. The van der Waals surface area contributed by atoms with E-state index < -0.39 is 144 Å². The Morgan fingerprint density at radius 1 is 0.322 bits per heavy atom. The summed E-state index contributed by atoms with van der Waals surface area (Å²) >= 11 is 0. The van der Waals surface area contributed by atoms with Crippen LogP contribution in [-0.2, 0) is 16.6 Å². The van der Waals surface area contributed by atoms with E-state index in [9.17, 15) is 52.7 Å². The van der Waals surface area contributed by atoms with Crippen molar-refractivity contribution in [2.24, 2.45) is 0 Å². The van der Waals surface area contributed by atoms with Crippen LogP contribution in [0.3, 0.4) is 0 Å². The first kappa shape index (κ1) is 44.7. The fourth-order valence-electron chi connectivity index (χ4n) is 6.54. The number of halogens is 20. The molecule has 0 aromatic heterocycles. The Morgan fingerprint density at radius 3 is 0.814 bits per heavy atom. The molecule has 0 unspecified atom stereocenters. The molecule has 6 rings (SSSR count). The molecule has 0 nitrogen and oxygen atoms in total. The molecule has 0 fully saturated rings. The molecule has 59 heavy (non-hydrogen) atoms. The minimum atomic E-state index is -7.22. The molecule has 22 heteroatoms. The van der Waals surface area contributed by atoms with Crippen molar-refractivity contribution in [1.29, 1.82) is 0 Å². The van der Waals surface area contributed by atoms with E-state index in [1.165, 1.54) is 22.1 Å². The Kier molecular flexibility index (Phi) is 12.4. The maximum Gasteiger partial charge on any atom is 0.200 e. The zero-order valence-electron chi connectivity index (χ0n) is 28.8. The lowest BCUT2D eigenvalue weighted by molar-refractivity contribution is 0.378. The van der Waals surface area contributed by atoms with Crippen LogP contribution in [0.5, 0.6) is 0 Å². The lowest BCUT2D eigenvalue weighted by atomic mass is 9.12. The van der Waals surface area contributed by atoms with Crippen LogP contribution in [-0.4, -0.2) is 18.7 Å². The van der Waals surface area contributed by atoms with Crippen LogP contribution < -0.4 is 21.9 Å². The minimum absolute atomic E-state index is 0.491. The van der Waals surface area contributed by atoms with Crippen molar-refractivity contribution in [2.75, 3.05) is 12.5 Å². The SMILES string of the molecule is C[S+](C)Cc1ccc2ccccc2c1.Fc1c(F)c(F)c([B-](c2c(F)c(F)c(F)c(F)c2F)(c2c(F)c(F)c(F)c(F)c2F)c2c(F)c(F)c(F)c(F)c2F)c(F)c1F. The highest BCUT2D eigenvalue weighted by Crippen LogP contribution is 2.31. The summed E-state index contributed by atoms with van der Waals surface area (Å²) in [6.45, 7) is 0. The van der Waals surface area contributed by atoms with E-state index in [1.54, 1.807) is 0 Å². The van der Waals surface area contributed by atoms with Crippen molar-refractivity contribution in [2.45, 2.75) is 5.75 Å². The standard InChI is InChI=1S/C24BF20.C13H15S/c26-5-1(6(27)14(35)21(42)13(5)34)25(2-7(28)15(36)22(43)16(37)8(2)29,3-9(30)17(38)23(44)18(39)10(3)31)4-11(32)19(40)24(45)20(41)12(4)33;1-14(2)10-11-7-8-12-5-3-4-6-13(12)9-11/h;3-9H,10H2,1-2H3/q-1;+1. The van der Waals surface area contributed by atoms with Gasteiger partial charge >= 0.3 is 0 Å². The van der Waals surface area contributed by atoms with Crippen LogP contribution in [0.15, 0.2) is 42.5 Å². The molecule has 0 radical (unpaired) electrons. The van der Waals surface area contributed by atoms with E-state index in [1.807, 2.05) is 0 Å². The molecule has 0 aliphatic heterocycles. The second kappa shape index (κ2) is 16.3. The summed E-state index contributed by atoms with van der Waals surface area (Å²) in [6, 6.07) is 15.3. The van der Waals surface area contributed by atoms with Crippen LogP contribution in [0.4, 0.5) is 87.8 Å². The number of benzene rings is 6. The number of fused-ring (bicyclic) bond motifs is 1. The van der Waals surface area contributed by atoms with Crippen molar-refractivity contribution in [3.05, 3.63) is 164 Å². The Hall–Kier alpha value is -5.41. The monoisotopic (exact) mass is 882 g/mol. The predicted octanol–water partition coefficient (Wildman–Crippen LogP) is 9.06. The zero-order valence-corrected chi connectivity index (χ0v) is 29.6. The van der Waals surface area contributed by atoms with Gasteiger partial charge in [0.1, 0.15) is 58.4 Å². The van der Waals surface area contributed by atoms with Crippen LogP contribution in [0.2, 0.25) is 0 Å².